The lowest BCUT2D eigenvalue weighted by molar-refractivity contribution is 0.100. The minimum atomic E-state index is -0.588. The molecule has 42 heavy (non-hydrogen) atoms. The number of hydrogen-bond donors (Lipinski definition) is 2. The second-order valence-electron chi connectivity index (χ2n) is 10.1. The van der Waals surface area contributed by atoms with E-state index in [2.05, 4.69) is 16.2 Å². The number of benzene rings is 3. The van der Waals surface area contributed by atoms with Crippen molar-refractivity contribution in [2.24, 2.45) is 5.73 Å². The van der Waals surface area contributed by atoms with Crippen molar-refractivity contribution in [1.82, 2.24) is 19.3 Å². The van der Waals surface area contributed by atoms with Crippen molar-refractivity contribution in [3.63, 3.8) is 0 Å². The summed E-state index contributed by atoms with van der Waals surface area (Å²) in [5.41, 5.74) is 11.4. The second kappa shape index (κ2) is 10.8. The molecule has 0 aliphatic rings. The number of aromatic nitrogens is 4. The van der Waals surface area contributed by atoms with Gasteiger partial charge in [-0.3, -0.25) is 4.79 Å². The smallest absolute Gasteiger partial charge is 0.248 e. The fraction of sp³-hybridized carbons (Fsp3) is 0.156. The van der Waals surface area contributed by atoms with Crippen LogP contribution in [0.5, 0.6) is 11.5 Å². The summed E-state index contributed by atoms with van der Waals surface area (Å²) in [4.78, 5) is 17.0. The highest BCUT2D eigenvalue weighted by molar-refractivity contribution is 7.27. The largest absolute Gasteiger partial charge is 0.507 e. The number of nitrogens with zero attached hydrogens (tertiary/aromatic N) is 4. The zero-order valence-corrected chi connectivity index (χ0v) is 24.6. The SMILES string of the molecule is CCc1cc(-c2ccc(C)o2)n(-c2ccc3c(c2)nc(-c2cc(C(N)=O)ccc2O)n3Cc2ccc(OC)c(P)c2)n1. The van der Waals surface area contributed by atoms with Crippen LogP contribution in [0.15, 0.2) is 77.2 Å². The van der Waals surface area contributed by atoms with Gasteiger partial charge in [-0.2, -0.15) is 5.10 Å². The first kappa shape index (κ1) is 27.3. The fourth-order valence-electron chi connectivity index (χ4n) is 5.10. The molecule has 212 valence electrons. The number of carbonyl (C=O) groups is 1. The van der Waals surface area contributed by atoms with E-state index in [0.29, 0.717) is 23.4 Å². The molecule has 0 spiro atoms. The lowest BCUT2D eigenvalue weighted by Gasteiger charge is -2.13. The van der Waals surface area contributed by atoms with Crippen LogP contribution in [-0.2, 0) is 13.0 Å². The summed E-state index contributed by atoms with van der Waals surface area (Å²) in [6, 6.07) is 22.3. The van der Waals surface area contributed by atoms with Crippen molar-refractivity contribution in [2.75, 3.05) is 7.11 Å². The molecule has 1 unspecified atom stereocenters. The van der Waals surface area contributed by atoms with Crippen LogP contribution in [0.3, 0.4) is 0 Å². The van der Waals surface area contributed by atoms with Crippen LogP contribution in [0.2, 0.25) is 0 Å². The number of imidazole rings is 1. The molecule has 1 atom stereocenters. The number of aromatic hydroxyl groups is 1. The van der Waals surface area contributed by atoms with E-state index in [0.717, 1.165) is 57.2 Å². The number of phenols is 1. The van der Waals surface area contributed by atoms with E-state index in [1.54, 1.807) is 13.2 Å². The summed E-state index contributed by atoms with van der Waals surface area (Å²) in [7, 11) is 4.33. The Labute approximate surface area is 244 Å². The summed E-state index contributed by atoms with van der Waals surface area (Å²) < 4.78 is 15.2. The number of amides is 1. The first-order valence-corrected chi connectivity index (χ1v) is 14.1. The van der Waals surface area contributed by atoms with E-state index in [9.17, 15) is 9.90 Å². The van der Waals surface area contributed by atoms with E-state index in [4.69, 9.17) is 25.0 Å². The number of ether oxygens (including phenoxy) is 1. The zero-order chi connectivity index (χ0) is 29.5. The first-order chi connectivity index (χ1) is 20.2. The van der Waals surface area contributed by atoms with Crippen molar-refractivity contribution < 1.29 is 19.1 Å². The predicted octanol–water partition coefficient (Wildman–Crippen LogP) is 5.38. The number of hydrogen-bond acceptors (Lipinski definition) is 6. The molecule has 10 heteroatoms. The Bertz CT molecular complexity index is 1970. The summed E-state index contributed by atoms with van der Waals surface area (Å²) >= 11 is 0. The molecular formula is C32H30N5O4P. The van der Waals surface area contributed by atoms with Crippen molar-refractivity contribution in [2.45, 2.75) is 26.8 Å². The lowest BCUT2D eigenvalue weighted by atomic mass is 10.1. The molecule has 3 aromatic heterocycles. The van der Waals surface area contributed by atoms with Crippen LogP contribution in [0.1, 0.15) is 34.3 Å². The maximum atomic E-state index is 12.0. The number of methoxy groups -OCH3 is 1. The van der Waals surface area contributed by atoms with Gasteiger partial charge in [0.25, 0.3) is 0 Å². The molecule has 0 aliphatic heterocycles. The van der Waals surface area contributed by atoms with Crippen LogP contribution in [0.4, 0.5) is 0 Å². The van der Waals surface area contributed by atoms with Gasteiger partial charge in [0.15, 0.2) is 5.76 Å². The van der Waals surface area contributed by atoms with Crippen molar-refractivity contribution in [1.29, 1.82) is 0 Å². The van der Waals surface area contributed by atoms with Gasteiger partial charge in [-0.25, -0.2) is 9.67 Å². The number of nitrogens with two attached hydrogens (primary N) is 1. The molecule has 6 rings (SSSR count). The standard InChI is InChI=1S/C32H30N5O4P/c1-4-21-15-26(28-11-5-18(2)41-28)37(35-21)22-8-9-25-24(16-22)34-32(23-14-20(31(33)39)7-10-27(23)38)36(25)17-19-6-12-29(40-3)30(42)13-19/h5-16,38H,4,17,42H2,1-3H3,(H2,33,39). The molecule has 0 aliphatic carbocycles. The highest BCUT2D eigenvalue weighted by Gasteiger charge is 2.20. The van der Waals surface area contributed by atoms with Gasteiger partial charge in [0, 0.05) is 17.4 Å². The Morgan fingerprint density at radius 1 is 1.07 bits per heavy atom. The van der Waals surface area contributed by atoms with Gasteiger partial charge in [-0.1, -0.05) is 13.0 Å². The Morgan fingerprint density at radius 2 is 1.90 bits per heavy atom. The van der Waals surface area contributed by atoms with Gasteiger partial charge >= 0.3 is 0 Å². The van der Waals surface area contributed by atoms with Crippen molar-refractivity contribution in [3.8, 4) is 40.0 Å². The van der Waals surface area contributed by atoms with Crippen LogP contribution in [0, 0.1) is 6.92 Å². The average Bonchev–Trinajstić information content (AvgIpc) is 3.70. The third-order valence-electron chi connectivity index (χ3n) is 7.25. The average molecular weight is 580 g/mol. The molecule has 0 saturated heterocycles. The molecule has 3 N–H and O–H groups in total. The van der Waals surface area contributed by atoms with Gasteiger partial charge in [0.2, 0.25) is 5.91 Å². The van der Waals surface area contributed by atoms with E-state index in [1.807, 2.05) is 70.8 Å². The van der Waals surface area contributed by atoms with Gasteiger partial charge < -0.3 is 24.6 Å². The molecule has 1 amide bonds. The van der Waals surface area contributed by atoms with Crippen molar-refractivity contribution in [3.05, 3.63) is 95.4 Å². The summed E-state index contributed by atoms with van der Waals surface area (Å²) in [5, 5.41) is 16.6. The lowest BCUT2D eigenvalue weighted by Crippen LogP contribution is -2.11. The molecule has 0 bridgehead atoms. The third-order valence-corrected chi connectivity index (χ3v) is 7.70. The van der Waals surface area contributed by atoms with Crippen LogP contribution in [-0.4, -0.2) is 37.5 Å². The molecule has 0 fully saturated rings. The Kier molecular flexibility index (Phi) is 7.04. The van der Waals surface area contributed by atoms with E-state index in [-0.39, 0.29) is 11.3 Å². The van der Waals surface area contributed by atoms with Gasteiger partial charge in [-0.05, 0) is 85.6 Å². The summed E-state index contributed by atoms with van der Waals surface area (Å²) in [6.07, 6.45) is 0.774. The van der Waals surface area contributed by atoms with E-state index >= 15 is 0 Å². The number of carbonyl (C=O) groups excluding carboxylic acids is 1. The first-order valence-electron chi connectivity index (χ1n) is 13.5. The number of fused-ring (bicyclic) bond motifs is 1. The zero-order valence-electron chi connectivity index (χ0n) is 23.5. The Balaban J connectivity index is 1.54. The highest BCUT2D eigenvalue weighted by atomic mass is 31.0. The molecule has 0 saturated carbocycles. The van der Waals surface area contributed by atoms with Gasteiger partial charge in [-0.15, -0.1) is 9.24 Å². The number of aryl methyl sites for hydroxylation is 2. The highest BCUT2D eigenvalue weighted by Crippen LogP contribution is 2.34. The topological polar surface area (TPSA) is 121 Å². The second-order valence-corrected chi connectivity index (χ2v) is 10.7. The van der Waals surface area contributed by atoms with Gasteiger partial charge in [0.05, 0.1) is 35.1 Å². The molecule has 9 nitrogen and oxygen atoms in total. The monoisotopic (exact) mass is 579 g/mol. The minimum absolute atomic E-state index is 0.00612. The number of rotatable bonds is 8. The number of furan rings is 1. The predicted molar refractivity (Wildman–Crippen MR) is 166 cm³/mol. The van der Waals surface area contributed by atoms with E-state index < -0.39 is 5.91 Å². The minimum Gasteiger partial charge on any atom is -0.507 e. The van der Waals surface area contributed by atoms with E-state index in [1.165, 1.54) is 12.1 Å². The molecular weight excluding hydrogens is 549 g/mol. The molecule has 3 aromatic carbocycles. The molecule has 0 radical (unpaired) electrons. The Hall–Kier alpha value is -4.88. The van der Waals surface area contributed by atoms with Gasteiger partial charge in [0.1, 0.15) is 28.8 Å². The Morgan fingerprint density at radius 3 is 2.60 bits per heavy atom. The quantitative estimate of drug-likeness (QED) is 0.234. The van der Waals surface area contributed by atoms with Crippen molar-refractivity contribution >= 4 is 31.5 Å². The van der Waals surface area contributed by atoms with Crippen LogP contribution < -0.4 is 15.8 Å². The van der Waals surface area contributed by atoms with Crippen LogP contribution in [0.25, 0.3) is 39.6 Å². The molecule has 6 aromatic rings. The maximum absolute atomic E-state index is 12.0. The van der Waals surface area contributed by atoms with Crippen LogP contribution >= 0.6 is 9.24 Å². The third kappa shape index (κ3) is 4.92. The fourth-order valence-corrected chi connectivity index (χ4v) is 5.52. The summed E-state index contributed by atoms with van der Waals surface area (Å²) in [5.74, 6) is 2.22. The molecule has 3 heterocycles. The normalized spacial score (nSPS) is 11.3. The summed E-state index contributed by atoms with van der Waals surface area (Å²) in [6.45, 7) is 4.43. The number of phenolic OH excluding ortho intramolecular Hbond substituents is 1. The maximum Gasteiger partial charge on any atom is 0.248 e. The number of primary amides is 1.